The van der Waals surface area contributed by atoms with E-state index < -0.39 is 7.12 Å². The highest BCUT2D eigenvalue weighted by Gasteiger charge is 1.94. The summed E-state index contributed by atoms with van der Waals surface area (Å²) in [5, 5.41) is 20.2. The molecule has 0 N–H and O–H groups in total. The van der Waals surface area contributed by atoms with E-state index in [4.69, 9.17) is 0 Å². The van der Waals surface area contributed by atoms with Crippen LogP contribution in [0.2, 0.25) is 0 Å². The molecule has 0 radical (unpaired) electrons. The van der Waals surface area contributed by atoms with Gasteiger partial charge in [-0.25, -0.2) is 0 Å². The Balaban J connectivity index is 2.75. The van der Waals surface area contributed by atoms with Crippen molar-refractivity contribution in [3.63, 3.8) is 0 Å². The first-order valence-electron chi connectivity index (χ1n) is 2.84. The summed E-state index contributed by atoms with van der Waals surface area (Å²) in [5.41, 5.74) is 0.359. The van der Waals surface area contributed by atoms with Crippen LogP contribution < -0.4 is 15.7 Å². The summed E-state index contributed by atoms with van der Waals surface area (Å²) in [7, 11) is -1.60. The fourth-order valence-corrected chi connectivity index (χ4v) is 0.666. The molecule has 0 atom stereocenters. The molecule has 0 unspecified atom stereocenters. The van der Waals surface area contributed by atoms with Crippen LogP contribution in [0.4, 0.5) is 0 Å². The van der Waals surface area contributed by atoms with Gasteiger partial charge in [0.05, 0.1) is 0 Å². The Bertz CT molecular complexity index is 189. The minimum Gasteiger partial charge on any atom is -0.853 e. The molecular weight excluding hydrogens is 131 g/mol. The Kier molecular flexibility index (Phi) is 2.45. The van der Waals surface area contributed by atoms with Gasteiger partial charge in [-0.15, -0.1) is 0 Å². The summed E-state index contributed by atoms with van der Waals surface area (Å²) in [6.07, 6.45) is 0. The minimum atomic E-state index is -1.60. The third-order valence-electron chi connectivity index (χ3n) is 1.16. The Hall–Kier alpha value is -0.835. The fourth-order valence-electron chi connectivity index (χ4n) is 0.666. The van der Waals surface area contributed by atoms with Gasteiger partial charge < -0.3 is 15.1 Å². The number of hydrogen-bond acceptors (Lipinski definition) is 3. The van der Waals surface area contributed by atoms with Crippen LogP contribution in [0.15, 0.2) is 30.3 Å². The quantitative estimate of drug-likeness (QED) is 0.269. The predicted molar refractivity (Wildman–Crippen MR) is 32.9 cm³/mol. The monoisotopic (exact) mass is 136 g/mol. The van der Waals surface area contributed by atoms with E-state index in [0.29, 0.717) is 5.46 Å². The average molecular weight is 136 g/mol. The molecule has 0 saturated heterocycles. The van der Waals surface area contributed by atoms with Gasteiger partial charge in [0, 0.05) is 0 Å². The Morgan fingerprint density at radius 3 is 2.30 bits per heavy atom. The molecule has 0 aliphatic heterocycles. The molecule has 0 saturated carbocycles. The summed E-state index contributed by atoms with van der Waals surface area (Å²) in [6.45, 7) is 0. The molecule has 0 heterocycles. The minimum absolute atomic E-state index is 0.359. The van der Waals surface area contributed by atoms with E-state index in [1.54, 1.807) is 30.3 Å². The molecule has 0 spiro atoms. The zero-order valence-corrected chi connectivity index (χ0v) is 5.19. The zero-order chi connectivity index (χ0) is 7.40. The molecule has 52 valence electrons. The maximum atomic E-state index is 10.6. The van der Waals surface area contributed by atoms with Crippen molar-refractivity contribution in [1.29, 1.82) is 0 Å². The molecule has 1 rings (SSSR count). The molecular formula is C6H5BO3-2. The summed E-state index contributed by atoms with van der Waals surface area (Å²) in [5.74, 6) is 0. The van der Waals surface area contributed by atoms with E-state index in [9.17, 15) is 10.3 Å². The maximum Gasteiger partial charge on any atom is 0.199 e. The van der Waals surface area contributed by atoms with Crippen LogP contribution in [0.3, 0.4) is 0 Å². The normalized spacial score (nSPS) is 9.40. The lowest BCUT2D eigenvalue weighted by Crippen LogP contribution is -2.49. The van der Waals surface area contributed by atoms with Crippen LogP contribution in [-0.4, -0.2) is 7.12 Å². The van der Waals surface area contributed by atoms with E-state index in [2.05, 4.69) is 4.81 Å². The first-order valence-corrected chi connectivity index (χ1v) is 2.84. The van der Waals surface area contributed by atoms with E-state index in [-0.39, 0.29) is 0 Å². The van der Waals surface area contributed by atoms with Gasteiger partial charge in [0.25, 0.3) is 0 Å². The Morgan fingerprint density at radius 1 is 1.20 bits per heavy atom. The van der Waals surface area contributed by atoms with E-state index in [1.165, 1.54) is 0 Å². The number of rotatable bonds is 2. The molecule has 0 fully saturated rings. The first-order chi connectivity index (χ1) is 4.84. The van der Waals surface area contributed by atoms with Crippen molar-refractivity contribution < 1.29 is 15.1 Å². The molecule has 4 heteroatoms. The number of benzene rings is 1. The second kappa shape index (κ2) is 3.36. The van der Waals surface area contributed by atoms with Crippen molar-refractivity contribution in [3.05, 3.63) is 30.3 Å². The maximum absolute atomic E-state index is 10.6. The van der Waals surface area contributed by atoms with Crippen LogP contribution in [0.5, 0.6) is 0 Å². The van der Waals surface area contributed by atoms with Crippen LogP contribution >= 0.6 is 0 Å². The topological polar surface area (TPSA) is 55.3 Å². The molecule has 0 amide bonds. The first kappa shape index (κ1) is 7.27. The van der Waals surface area contributed by atoms with Gasteiger partial charge in [0.1, 0.15) is 0 Å². The molecule has 0 aliphatic carbocycles. The lowest BCUT2D eigenvalue weighted by molar-refractivity contribution is -0.655. The standard InChI is InChI=1S/C6H6BO3/c8-7(10-9)6-4-2-1-3-5-6/h1-5,9H/q-1/p-1. The van der Waals surface area contributed by atoms with E-state index in [0.717, 1.165) is 0 Å². The van der Waals surface area contributed by atoms with Crippen LogP contribution in [0.1, 0.15) is 0 Å². The molecule has 1 aromatic rings. The van der Waals surface area contributed by atoms with Gasteiger partial charge in [-0.1, -0.05) is 35.8 Å². The van der Waals surface area contributed by atoms with E-state index >= 15 is 0 Å². The van der Waals surface area contributed by atoms with Crippen molar-refractivity contribution in [2.24, 2.45) is 0 Å². The van der Waals surface area contributed by atoms with Gasteiger partial charge in [-0.05, 0) is 0 Å². The summed E-state index contributed by atoms with van der Waals surface area (Å²) >= 11 is 0. The molecule has 0 bridgehead atoms. The highest BCUT2D eigenvalue weighted by molar-refractivity contribution is 6.57. The predicted octanol–water partition coefficient (Wildman–Crippen LogP) is -1.97. The highest BCUT2D eigenvalue weighted by atomic mass is 17.1. The van der Waals surface area contributed by atoms with Gasteiger partial charge in [-0.3, -0.25) is 0 Å². The molecule has 0 aliphatic rings. The average Bonchev–Trinajstić information content (AvgIpc) is 2.05. The van der Waals surface area contributed by atoms with Gasteiger partial charge in [0.2, 0.25) is 0 Å². The molecule has 3 nitrogen and oxygen atoms in total. The van der Waals surface area contributed by atoms with Crippen LogP contribution in [-0.2, 0) is 4.81 Å². The van der Waals surface area contributed by atoms with Crippen LogP contribution in [0.25, 0.3) is 0 Å². The van der Waals surface area contributed by atoms with Crippen molar-refractivity contribution in [1.82, 2.24) is 0 Å². The Labute approximate surface area is 59.0 Å². The SMILES string of the molecule is [O-]OB([O-])c1ccccc1. The largest absolute Gasteiger partial charge is 0.853 e. The second-order valence-electron chi connectivity index (χ2n) is 1.84. The molecule has 1 aromatic carbocycles. The van der Waals surface area contributed by atoms with Crippen molar-refractivity contribution in [2.75, 3.05) is 0 Å². The Morgan fingerprint density at radius 2 is 1.80 bits per heavy atom. The highest BCUT2D eigenvalue weighted by Crippen LogP contribution is 1.82. The van der Waals surface area contributed by atoms with E-state index in [1.807, 2.05) is 0 Å². The fraction of sp³-hybridized carbons (Fsp3) is 0. The van der Waals surface area contributed by atoms with Gasteiger partial charge in [0.15, 0.2) is 7.12 Å². The third-order valence-corrected chi connectivity index (χ3v) is 1.16. The summed E-state index contributed by atoms with van der Waals surface area (Å²) in [6, 6.07) is 8.23. The van der Waals surface area contributed by atoms with Crippen molar-refractivity contribution in [2.45, 2.75) is 0 Å². The summed E-state index contributed by atoms with van der Waals surface area (Å²) < 4.78 is 0. The van der Waals surface area contributed by atoms with Crippen molar-refractivity contribution in [3.8, 4) is 0 Å². The lowest BCUT2D eigenvalue weighted by atomic mass is 9.80. The zero-order valence-electron chi connectivity index (χ0n) is 5.19. The third kappa shape index (κ3) is 1.57. The smallest absolute Gasteiger partial charge is 0.199 e. The molecule has 0 aromatic heterocycles. The molecule has 10 heavy (non-hydrogen) atoms. The second-order valence-corrected chi connectivity index (χ2v) is 1.84. The number of hydrogen-bond donors (Lipinski definition) is 0. The lowest BCUT2D eigenvalue weighted by Gasteiger charge is -2.22. The van der Waals surface area contributed by atoms with Gasteiger partial charge in [-0.2, -0.15) is 0 Å². The van der Waals surface area contributed by atoms with Gasteiger partial charge >= 0.3 is 0 Å². The van der Waals surface area contributed by atoms with Crippen LogP contribution in [0, 0.1) is 0 Å². The summed E-state index contributed by atoms with van der Waals surface area (Å²) in [4.78, 5) is 3.33. The van der Waals surface area contributed by atoms with Crippen molar-refractivity contribution >= 4 is 12.6 Å².